The van der Waals surface area contributed by atoms with Gasteiger partial charge in [0, 0.05) is 5.56 Å². The van der Waals surface area contributed by atoms with Gasteiger partial charge >= 0.3 is 0 Å². The van der Waals surface area contributed by atoms with E-state index in [1.807, 2.05) is 30.3 Å². The monoisotopic (exact) mass is 234 g/mol. The molecule has 0 saturated carbocycles. The Morgan fingerprint density at radius 3 is 2.50 bits per heavy atom. The van der Waals surface area contributed by atoms with Crippen LogP contribution >= 0.6 is 0 Å². The highest BCUT2D eigenvalue weighted by molar-refractivity contribution is 6.33. The van der Waals surface area contributed by atoms with Crippen LogP contribution in [0.2, 0.25) is 5.04 Å². The Morgan fingerprint density at radius 2 is 1.94 bits per heavy atom. The van der Waals surface area contributed by atoms with Gasteiger partial charge in [-0.25, -0.2) is 0 Å². The van der Waals surface area contributed by atoms with Gasteiger partial charge in [0.05, 0.1) is 0 Å². The van der Waals surface area contributed by atoms with Crippen molar-refractivity contribution in [2.75, 3.05) is 0 Å². The highest BCUT2D eigenvalue weighted by atomic mass is 28.2. The van der Waals surface area contributed by atoms with E-state index in [9.17, 15) is 0 Å². The molecule has 1 nitrogen and oxygen atoms in total. The number of rotatable bonds is 5. The molecule has 0 spiro atoms. The second-order valence-electron chi connectivity index (χ2n) is 5.17. The fourth-order valence-electron chi connectivity index (χ4n) is 1.21. The molecule has 0 bridgehead atoms. The van der Waals surface area contributed by atoms with Crippen LogP contribution in [-0.2, 0) is 0 Å². The first kappa shape index (κ1) is 13.0. The molecule has 0 fully saturated rings. The first-order valence-corrected chi connectivity index (χ1v) is 7.10. The minimum Gasteiger partial charge on any atom is -0.548 e. The zero-order valence-electron chi connectivity index (χ0n) is 10.8. The summed E-state index contributed by atoms with van der Waals surface area (Å²) in [6.07, 6.45) is 1.85. The second-order valence-corrected chi connectivity index (χ2v) is 7.57. The number of para-hydroxylation sites is 1. The summed E-state index contributed by atoms with van der Waals surface area (Å²) in [5.74, 6) is 1.65. The Morgan fingerprint density at radius 1 is 1.31 bits per heavy atom. The van der Waals surface area contributed by atoms with Crippen LogP contribution in [0.25, 0.3) is 6.08 Å². The molecule has 0 aliphatic rings. The summed E-state index contributed by atoms with van der Waals surface area (Å²) in [5, 5.41) is 0.328. The lowest BCUT2D eigenvalue weighted by Gasteiger charge is -2.28. The van der Waals surface area contributed by atoms with E-state index in [1.54, 1.807) is 0 Å². The van der Waals surface area contributed by atoms with Crippen molar-refractivity contribution >= 4 is 15.8 Å². The van der Waals surface area contributed by atoms with Crippen LogP contribution in [-0.4, -0.2) is 9.76 Å². The first-order valence-electron chi connectivity index (χ1n) is 5.81. The molecule has 0 unspecified atom stereocenters. The van der Waals surface area contributed by atoms with Crippen LogP contribution in [0, 0.1) is 5.92 Å². The average molecular weight is 234 g/mol. The molecule has 0 aromatic heterocycles. The van der Waals surface area contributed by atoms with Crippen molar-refractivity contribution in [2.24, 2.45) is 5.92 Å². The summed E-state index contributed by atoms with van der Waals surface area (Å²) in [6, 6.07) is 8.09. The van der Waals surface area contributed by atoms with Crippen LogP contribution in [0.4, 0.5) is 0 Å². The average Bonchev–Trinajstić information content (AvgIpc) is 2.26. The summed E-state index contributed by atoms with van der Waals surface area (Å²) >= 11 is 0. The van der Waals surface area contributed by atoms with Crippen LogP contribution in [0.1, 0.15) is 33.3 Å². The molecule has 2 heteroatoms. The predicted octanol–water partition coefficient (Wildman–Crippen LogP) is 3.65. The first-order chi connectivity index (χ1) is 7.47. The molecule has 0 heterocycles. The van der Waals surface area contributed by atoms with Gasteiger partial charge in [-0.1, -0.05) is 58.5 Å². The SMILES string of the molecule is C=Cc1ccccc1O[SiH2]C(C)(C)C(C)C. The molecule has 0 saturated heterocycles. The topological polar surface area (TPSA) is 9.23 Å². The maximum absolute atomic E-state index is 6.02. The third kappa shape index (κ3) is 3.24. The van der Waals surface area contributed by atoms with E-state index in [1.165, 1.54) is 0 Å². The fourth-order valence-corrected chi connectivity index (χ4v) is 2.33. The van der Waals surface area contributed by atoms with E-state index in [0.29, 0.717) is 11.0 Å². The highest BCUT2D eigenvalue weighted by Crippen LogP contribution is 2.33. The summed E-state index contributed by atoms with van der Waals surface area (Å²) in [5.41, 5.74) is 1.09. The molecule has 1 aromatic rings. The fraction of sp³-hybridized carbons (Fsp3) is 0.429. The number of benzene rings is 1. The predicted molar refractivity (Wildman–Crippen MR) is 74.6 cm³/mol. The van der Waals surface area contributed by atoms with Crippen molar-refractivity contribution in [3.05, 3.63) is 36.4 Å². The molecule has 0 N–H and O–H groups in total. The lowest BCUT2D eigenvalue weighted by Crippen LogP contribution is -2.24. The molecule has 0 atom stereocenters. The van der Waals surface area contributed by atoms with Crippen molar-refractivity contribution in [2.45, 2.75) is 32.7 Å². The van der Waals surface area contributed by atoms with Crippen LogP contribution < -0.4 is 4.43 Å². The van der Waals surface area contributed by atoms with Gasteiger partial charge in [-0.3, -0.25) is 0 Å². The van der Waals surface area contributed by atoms with Crippen LogP contribution in [0.3, 0.4) is 0 Å². The Kier molecular flexibility index (Phi) is 4.36. The lowest BCUT2D eigenvalue weighted by atomic mass is 9.99. The van der Waals surface area contributed by atoms with Gasteiger partial charge in [0.2, 0.25) is 9.76 Å². The minimum absolute atomic E-state index is 0.328. The Hall–Kier alpha value is -1.02. The third-order valence-electron chi connectivity index (χ3n) is 3.30. The summed E-state index contributed by atoms with van der Waals surface area (Å²) in [4.78, 5) is 0. The molecule has 0 amide bonds. The van der Waals surface area contributed by atoms with Gasteiger partial charge in [-0.05, 0) is 17.0 Å². The zero-order chi connectivity index (χ0) is 12.2. The molecule has 16 heavy (non-hydrogen) atoms. The third-order valence-corrected chi connectivity index (χ3v) is 5.32. The largest absolute Gasteiger partial charge is 0.548 e. The molecular weight excluding hydrogens is 212 g/mol. The van der Waals surface area contributed by atoms with E-state index < -0.39 is 9.76 Å². The molecule has 1 aromatic carbocycles. The Labute approximate surface area is 101 Å². The van der Waals surface area contributed by atoms with E-state index in [-0.39, 0.29) is 0 Å². The van der Waals surface area contributed by atoms with Crippen molar-refractivity contribution < 1.29 is 4.43 Å². The maximum Gasteiger partial charge on any atom is 0.225 e. The Balaban J connectivity index is 2.71. The summed E-state index contributed by atoms with van der Waals surface area (Å²) in [7, 11) is -0.585. The summed E-state index contributed by atoms with van der Waals surface area (Å²) in [6.45, 7) is 12.9. The molecule has 88 valence electrons. The molecule has 0 aliphatic heterocycles. The maximum atomic E-state index is 6.02. The number of hydrogen-bond acceptors (Lipinski definition) is 1. The van der Waals surface area contributed by atoms with Gasteiger partial charge in [0.25, 0.3) is 0 Å². The van der Waals surface area contributed by atoms with Crippen molar-refractivity contribution in [3.8, 4) is 5.75 Å². The van der Waals surface area contributed by atoms with Crippen LogP contribution in [0.15, 0.2) is 30.8 Å². The van der Waals surface area contributed by atoms with Gasteiger partial charge < -0.3 is 4.43 Å². The number of hydrogen-bond donors (Lipinski definition) is 0. The van der Waals surface area contributed by atoms with Gasteiger partial charge in [0.15, 0.2) is 0 Å². The quantitative estimate of drug-likeness (QED) is 0.707. The highest BCUT2D eigenvalue weighted by Gasteiger charge is 2.24. The Bertz CT molecular complexity index is 356. The van der Waals surface area contributed by atoms with Crippen molar-refractivity contribution in [1.82, 2.24) is 0 Å². The van der Waals surface area contributed by atoms with E-state index >= 15 is 0 Å². The zero-order valence-corrected chi connectivity index (χ0v) is 12.2. The van der Waals surface area contributed by atoms with E-state index in [4.69, 9.17) is 4.43 Å². The molecule has 0 aliphatic carbocycles. The van der Waals surface area contributed by atoms with Gasteiger partial charge in [0.1, 0.15) is 5.75 Å². The molecule has 0 radical (unpaired) electrons. The molecule has 1 rings (SSSR count). The van der Waals surface area contributed by atoms with Crippen LogP contribution in [0.5, 0.6) is 5.75 Å². The smallest absolute Gasteiger partial charge is 0.225 e. The van der Waals surface area contributed by atoms with Crippen molar-refractivity contribution in [3.63, 3.8) is 0 Å². The standard InChI is InChI=1S/C14H22OSi/c1-6-12-9-7-8-10-13(12)15-16-14(4,5)11(2)3/h6-11H,1,16H2,2-5H3. The van der Waals surface area contributed by atoms with Crippen molar-refractivity contribution in [1.29, 1.82) is 0 Å². The van der Waals surface area contributed by atoms with Gasteiger partial charge in [-0.2, -0.15) is 0 Å². The normalized spacial score (nSPS) is 12.3. The lowest BCUT2D eigenvalue weighted by molar-refractivity contribution is 0.428. The van der Waals surface area contributed by atoms with Gasteiger partial charge in [-0.15, -0.1) is 0 Å². The summed E-state index contributed by atoms with van der Waals surface area (Å²) < 4.78 is 6.02. The second kappa shape index (κ2) is 5.35. The minimum atomic E-state index is -0.585. The molecular formula is C14H22OSi. The van der Waals surface area contributed by atoms with E-state index in [0.717, 1.165) is 11.3 Å². The van der Waals surface area contributed by atoms with E-state index in [2.05, 4.69) is 34.3 Å².